The zero-order chi connectivity index (χ0) is 18.6. The Morgan fingerprint density at radius 2 is 1.92 bits per heavy atom. The summed E-state index contributed by atoms with van der Waals surface area (Å²) in [6.45, 7) is 9.84. The molecule has 1 aromatic heterocycles. The molecule has 0 fully saturated rings. The highest BCUT2D eigenvalue weighted by molar-refractivity contribution is 6.07. The van der Waals surface area contributed by atoms with Crippen LogP contribution in [-0.4, -0.2) is 28.5 Å². The number of nitrogens with zero attached hydrogens (tertiary/aromatic N) is 1. The first-order valence-electron chi connectivity index (χ1n) is 8.69. The average molecular weight is 345 g/mol. The van der Waals surface area contributed by atoms with Gasteiger partial charge in [-0.25, -0.2) is 0 Å². The summed E-state index contributed by atoms with van der Waals surface area (Å²) < 4.78 is 12.9. The van der Waals surface area contributed by atoms with Crippen molar-refractivity contribution in [1.82, 2.24) is 4.57 Å². The number of unbranched alkanes of at least 4 members (excludes halogenated alkanes) is 1. The number of ketones is 1. The van der Waals surface area contributed by atoms with Crippen LogP contribution in [0, 0.1) is 0 Å². The number of carbonyl (C=O) groups excluding carboxylic acids is 2. The Morgan fingerprint density at radius 1 is 1.20 bits per heavy atom. The Balaban J connectivity index is 2.34. The Bertz CT molecular complexity index is 768. The van der Waals surface area contributed by atoms with Crippen LogP contribution in [0.1, 0.15) is 57.8 Å². The third kappa shape index (κ3) is 5.08. The Morgan fingerprint density at radius 3 is 2.52 bits per heavy atom. The number of fused-ring (bicyclic) bond motifs is 1. The number of hydrogen-bond donors (Lipinski definition) is 0. The molecule has 0 atom stereocenters. The van der Waals surface area contributed by atoms with Crippen LogP contribution in [0.5, 0.6) is 5.75 Å². The maximum Gasteiger partial charge on any atom is 0.326 e. The van der Waals surface area contributed by atoms with Gasteiger partial charge in [0.1, 0.15) is 17.9 Å². The number of esters is 1. The second-order valence-corrected chi connectivity index (χ2v) is 7.19. The van der Waals surface area contributed by atoms with E-state index < -0.39 is 5.60 Å². The van der Waals surface area contributed by atoms with Crippen molar-refractivity contribution >= 4 is 22.7 Å². The van der Waals surface area contributed by atoms with Crippen LogP contribution >= 0.6 is 0 Å². The molecule has 2 rings (SSSR count). The monoisotopic (exact) mass is 345 g/mol. The molecular weight excluding hydrogens is 318 g/mol. The van der Waals surface area contributed by atoms with Crippen molar-refractivity contribution in [2.75, 3.05) is 6.61 Å². The van der Waals surface area contributed by atoms with Crippen molar-refractivity contribution in [3.63, 3.8) is 0 Å². The normalized spacial score (nSPS) is 11.6. The highest BCUT2D eigenvalue weighted by atomic mass is 16.6. The number of carbonyl (C=O) groups is 2. The minimum absolute atomic E-state index is 0.0346. The van der Waals surface area contributed by atoms with E-state index in [2.05, 4.69) is 6.92 Å². The predicted molar refractivity (Wildman–Crippen MR) is 98.2 cm³/mol. The topological polar surface area (TPSA) is 57.5 Å². The molecule has 25 heavy (non-hydrogen) atoms. The van der Waals surface area contributed by atoms with Gasteiger partial charge in [0.05, 0.1) is 12.1 Å². The smallest absolute Gasteiger partial charge is 0.326 e. The number of benzene rings is 1. The zero-order valence-electron chi connectivity index (χ0n) is 15.7. The van der Waals surface area contributed by atoms with Gasteiger partial charge in [-0.3, -0.25) is 9.59 Å². The van der Waals surface area contributed by atoms with Crippen molar-refractivity contribution in [1.29, 1.82) is 0 Å². The highest BCUT2D eigenvalue weighted by Gasteiger charge is 2.19. The van der Waals surface area contributed by atoms with Gasteiger partial charge >= 0.3 is 5.97 Å². The maximum absolute atomic E-state index is 12.2. The van der Waals surface area contributed by atoms with Crippen LogP contribution in [-0.2, 0) is 16.1 Å². The lowest BCUT2D eigenvalue weighted by atomic mass is 10.1. The van der Waals surface area contributed by atoms with Crippen LogP contribution in [0.3, 0.4) is 0 Å². The molecule has 2 aromatic rings. The lowest BCUT2D eigenvalue weighted by Gasteiger charge is -2.19. The first kappa shape index (κ1) is 19.0. The van der Waals surface area contributed by atoms with E-state index >= 15 is 0 Å². The lowest BCUT2D eigenvalue weighted by Crippen LogP contribution is -2.26. The van der Waals surface area contributed by atoms with Gasteiger partial charge in [-0.05, 0) is 46.2 Å². The second-order valence-electron chi connectivity index (χ2n) is 7.19. The summed E-state index contributed by atoms with van der Waals surface area (Å²) in [5.41, 5.74) is 0.849. The van der Waals surface area contributed by atoms with E-state index in [0.717, 1.165) is 29.5 Å². The fraction of sp³-hybridized carbons (Fsp3) is 0.500. The molecule has 1 aromatic carbocycles. The minimum atomic E-state index is -0.544. The molecule has 0 bridgehead atoms. The number of aromatic nitrogens is 1. The second kappa shape index (κ2) is 7.72. The van der Waals surface area contributed by atoms with Gasteiger partial charge < -0.3 is 14.0 Å². The molecule has 0 aliphatic rings. The van der Waals surface area contributed by atoms with Crippen LogP contribution in [0.15, 0.2) is 24.4 Å². The molecular formula is C20H27NO4. The van der Waals surface area contributed by atoms with Crippen LogP contribution in [0.4, 0.5) is 0 Å². The maximum atomic E-state index is 12.2. The van der Waals surface area contributed by atoms with Crippen LogP contribution < -0.4 is 4.74 Å². The summed E-state index contributed by atoms with van der Waals surface area (Å²) in [4.78, 5) is 24.1. The molecule has 0 aliphatic heterocycles. The first-order chi connectivity index (χ1) is 11.7. The SMILES string of the molecule is CCCCOc1ccc2c(C(C)=O)cn(CC(=O)OC(C)(C)C)c2c1. The Hall–Kier alpha value is -2.30. The van der Waals surface area contributed by atoms with Gasteiger partial charge in [0.2, 0.25) is 0 Å². The number of hydrogen-bond acceptors (Lipinski definition) is 4. The van der Waals surface area contributed by atoms with E-state index in [4.69, 9.17) is 9.47 Å². The highest BCUT2D eigenvalue weighted by Crippen LogP contribution is 2.27. The molecule has 1 heterocycles. The standard InChI is InChI=1S/C20H27NO4/c1-6-7-10-24-15-8-9-16-17(14(2)22)12-21(18(16)11-15)13-19(23)25-20(3,4)5/h8-9,11-12H,6-7,10,13H2,1-5H3. The van der Waals surface area contributed by atoms with Crippen molar-refractivity contribution in [3.8, 4) is 5.75 Å². The van der Waals surface area contributed by atoms with Crippen LogP contribution in [0.25, 0.3) is 10.9 Å². The van der Waals surface area contributed by atoms with Crippen molar-refractivity contribution in [3.05, 3.63) is 30.0 Å². The summed E-state index contributed by atoms with van der Waals surface area (Å²) >= 11 is 0. The minimum Gasteiger partial charge on any atom is -0.494 e. The van der Waals surface area contributed by atoms with Crippen molar-refractivity contribution in [2.45, 2.75) is 59.6 Å². The molecule has 0 saturated heterocycles. The van der Waals surface area contributed by atoms with Crippen LogP contribution in [0.2, 0.25) is 0 Å². The van der Waals surface area contributed by atoms with Gasteiger partial charge in [0.15, 0.2) is 5.78 Å². The summed E-state index contributed by atoms with van der Waals surface area (Å²) in [5.74, 6) is 0.365. The number of ether oxygens (including phenoxy) is 2. The molecule has 0 radical (unpaired) electrons. The Labute approximate surface area is 148 Å². The number of rotatable bonds is 7. The number of Topliss-reactive ketones (excluding diaryl/α,β-unsaturated/α-hetero) is 1. The molecule has 0 saturated carbocycles. The van der Waals surface area contributed by atoms with Gasteiger partial charge in [0, 0.05) is 23.2 Å². The van der Waals surface area contributed by atoms with E-state index in [9.17, 15) is 9.59 Å². The largest absolute Gasteiger partial charge is 0.494 e. The summed E-state index contributed by atoms with van der Waals surface area (Å²) in [7, 11) is 0. The van der Waals surface area contributed by atoms with E-state index in [1.54, 1.807) is 10.8 Å². The molecule has 0 aliphatic carbocycles. The fourth-order valence-electron chi connectivity index (χ4n) is 2.62. The summed E-state index contributed by atoms with van der Waals surface area (Å²) in [5, 5.41) is 0.818. The van der Waals surface area contributed by atoms with E-state index in [0.29, 0.717) is 12.2 Å². The zero-order valence-corrected chi connectivity index (χ0v) is 15.7. The summed E-state index contributed by atoms with van der Waals surface area (Å²) in [6.07, 6.45) is 3.76. The van der Waals surface area contributed by atoms with Gasteiger partial charge in [-0.2, -0.15) is 0 Å². The van der Waals surface area contributed by atoms with E-state index in [-0.39, 0.29) is 18.3 Å². The molecule has 0 N–H and O–H groups in total. The predicted octanol–water partition coefficient (Wildman–Crippen LogP) is 4.36. The first-order valence-corrected chi connectivity index (χ1v) is 8.69. The van der Waals surface area contributed by atoms with Gasteiger partial charge in [-0.15, -0.1) is 0 Å². The third-order valence-corrected chi connectivity index (χ3v) is 3.72. The van der Waals surface area contributed by atoms with Crippen molar-refractivity contribution < 1.29 is 19.1 Å². The van der Waals surface area contributed by atoms with Gasteiger partial charge in [-0.1, -0.05) is 13.3 Å². The third-order valence-electron chi connectivity index (χ3n) is 3.72. The molecule has 5 heteroatoms. The fourth-order valence-corrected chi connectivity index (χ4v) is 2.62. The molecule has 5 nitrogen and oxygen atoms in total. The lowest BCUT2D eigenvalue weighted by molar-refractivity contribution is -0.155. The molecule has 0 amide bonds. The van der Waals surface area contributed by atoms with Gasteiger partial charge in [0.25, 0.3) is 0 Å². The molecule has 0 unspecified atom stereocenters. The average Bonchev–Trinajstić information content (AvgIpc) is 2.84. The van der Waals surface area contributed by atoms with E-state index in [1.807, 2.05) is 39.0 Å². The van der Waals surface area contributed by atoms with E-state index in [1.165, 1.54) is 6.92 Å². The summed E-state index contributed by atoms with van der Waals surface area (Å²) in [6, 6.07) is 5.61. The molecule has 136 valence electrons. The quantitative estimate of drug-likeness (QED) is 0.425. The Kier molecular flexibility index (Phi) is 5.88. The van der Waals surface area contributed by atoms with Crippen molar-refractivity contribution in [2.24, 2.45) is 0 Å². The molecule has 0 spiro atoms.